The van der Waals surface area contributed by atoms with E-state index in [1.165, 1.54) is 17.7 Å². The first-order valence-corrected chi connectivity index (χ1v) is 8.11. The molecule has 0 aliphatic heterocycles. The van der Waals surface area contributed by atoms with Gasteiger partial charge >= 0.3 is 0 Å². The molecular weight excluding hydrogens is 331 g/mol. The van der Waals surface area contributed by atoms with E-state index in [9.17, 15) is 4.39 Å². The molecule has 1 heterocycles. The van der Waals surface area contributed by atoms with Crippen molar-refractivity contribution in [2.75, 3.05) is 5.32 Å². The molecule has 5 nitrogen and oxygen atoms in total. The zero-order chi connectivity index (χ0) is 18.4. The van der Waals surface area contributed by atoms with E-state index in [2.05, 4.69) is 15.3 Å². The molecule has 0 atom stereocenters. The molecule has 0 saturated carbocycles. The number of nitrogens with zero attached hydrogens (tertiary/aromatic N) is 2. The minimum Gasteiger partial charge on any atom is -0.439 e. The monoisotopic (exact) mass is 350 g/mol. The zero-order valence-electron chi connectivity index (χ0n) is 14.3. The van der Waals surface area contributed by atoms with Gasteiger partial charge in [0.15, 0.2) is 5.96 Å². The van der Waals surface area contributed by atoms with Crippen molar-refractivity contribution in [3.63, 3.8) is 0 Å². The predicted octanol–water partition coefficient (Wildman–Crippen LogP) is 4.25. The first-order valence-electron chi connectivity index (χ1n) is 8.11. The first-order chi connectivity index (χ1) is 12.6. The predicted molar refractivity (Wildman–Crippen MR) is 101 cm³/mol. The molecule has 0 aliphatic rings. The third kappa shape index (κ3) is 4.80. The van der Waals surface area contributed by atoms with E-state index < -0.39 is 0 Å². The molecule has 1 aromatic heterocycles. The van der Waals surface area contributed by atoms with Crippen LogP contribution in [0.5, 0.6) is 11.6 Å². The fourth-order valence-corrected chi connectivity index (χ4v) is 2.27. The van der Waals surface area contributed by atoms with Crippen molar-refractivity contribution >= 4 is 11.6 Å². The number of rotatable bonds is 5. The Balaban J connectivity index is 1.70. The van der Waals surface area contributed by atoms with Gasteiger partial charge in [0.1, 0.15) is 11.6 Å². The van der Waals surface area contributed by atoms with Crippen LogP contribution < -0.4 is 15.8 Å². The molecule has 0 bridgehead atoms. The van der Waals surface area contributed by atoms with E-state index in [0.29, 0.717) is 11.6 Å². The summed E-state index contributed by atoms with van der Waals surface area (Å²) in [6.07, 6.45) is 1.61. The summed E-state index contributed by atoms with van der Waals surface area (Å²) in [5, 5.41) is 3.03. The van der Waals surface area contributed by atoms with Gasteiger partial charge in [0.25, 0.3) is 0 Å². The fourth-order valence-electron chi connectivity index (χ4n) is 2.27. The lowest BCUT2D eigenvalue weighted by atomic mass is 10.2. The second kappa shape index (κ2) is 8.11. The standard InChI is InChI=1S/C20H19FN4O/c1-14-7-9-17(10-8-14)25-20(22)24-13-15-4-3-11-23-19(15)26-18-6-2-5-16(21)12-18/h2-12H,13H2,1H3,(H3,22,24,25). The molecule has 132 valence electrons. The number of hydrogen-bond donors (Lipinski definition) is 2. The van der Waals surface area contributed by atoms with Crippen LogP contribution in [0.1, 0.15) is 11.1 Å². The van der Waals surface area contributed by atoms with Gasteiger partial charge in [-0.15, -0.1) is 0 Å². The van der Waals surface area contributed by atoms with E-state index in [0.717, 1.165) is 11.3 Å². The van der Waals surface area contributed by atoms with Crippen LogP contribution in [0.3, 0.4) is 0 Å². The van der Waals surface area contributed by atoms with Crippen molar-refractivity contribution in [1.82, 2.24) is 4.98 Å². The first kappa shape index (κ1) is 17.4. The van der Waals surface area contributed by atoms with Crippen molar-refractivity contribution in [1.29, 1.82) is 0 Å². The maximum atomic E-state index is 13.3. The van der Waals surface area contributed by atoms with E-state index in [-0.39, 0.29) is 18.3 Å². The number of hydrogen-bond acceptors (Lipinski definition) is 3. The minimum atomic E-state index is -0.371. The van der Waals surface area contributed by atoms with Crippen molar-refractivity contribution in [2.45, 2.75) is 13.5 Å². The number of aromatic nitrogens is 1. The molecule has 0 spiro atoms. The Labute approximate surface area is 151 Å². The quantitative estimate of drug-likeness (QED) is 0.533. The molecule has 6 heteroatoms. The van der Waals surface area contributed by atoms with Crippen LogP contribution in [0.15, 0.2) is 71.9 Å². The zero-order valence-corrected chi connectivity index (χ0v) is 14.3. The third-order valence-electron chi connectivity index (χ3n) is 3.60. The maximum absolute atomic E-state index is 13.3. The number of nitrogens with two attached hydrogens (primary N) is 1. The maximum Gasteiger partial charge on any atom is 0.224 e. The number of benzene rings is 2. The molecule has 3 N–H and O–H groups in total. The van der Waals surface area contributed by atoms with Crippen LogP contribution in [-0.4, -0.2) is 10.9 Å². The van der Waals surface area contributed by atoms with E-state index >= 15 is 0 Å². The van der Waals surface area contributed by atoms with Crippen LogP contribution in [0.2, 0.25) is 0 Å². The summed E-state index contributed by atoms with van der Waals surface area (Å²) in [4.78, 5) is 8.52. The molecule has 0 fully saturated rings. The lowest BCUT2D eigenvalue weighted by molar-refractivity contribution is 0.452. The molecule has 0 saturated heterocycles. The van der Waals surface area contributed by atoms with Gasteiger partial charge in [0.05, 0.1) is 6.54 Å². The van der Waals surface area contributed by atoms with Gasteiger partial charge in [-0.1, -0.05) is 29.8 Å². The summed E-state index contributed by atoms with van der Waals surface area (Å²) in [6, 6.07) is 17.4. The van der Waals surface area contributed by atoms with Gasteiger partial charge in [-0.05, 0) is 37.3 Å². The number of guanidine groups is 1. The highest BCUT2D eigenvalue weighted by Gasteiger charge is 2.07. The minimum absolute atomic E-state index is 0.281. The fraction of sp³-hybridized carbons (Fsp3) is 0.100. The largest absolute Gasteiger partial charge is 0.439 e. The second-order valence-corrected chi connectivity index (χ2v) is 5.72. The highest BCUT2D eigenvalue weighted by Crippen LogP contribution is 2.24. The Kier molecular flexibility index (Phi) is 5.43. The van der Waals surface area contributed by atoms with E-state index in [1.807, 2.05) is 37.3 Å². The van der Waals surface area contributed by atoms with Crippen LogP contribution >= 0.6 is 0 Å². The molecule has 0 amide bonds. The van der Waals surface area contributed by atoms with Crippen molar-refractivity contribution in [3.8, 4) is 11.6 Å². The average Bonchev–Trinajstić information content (AvgIpc) is 2.63. The number of ether oxygens (including phenoxy) is 1. The number of halogens is 1. The summed E-state index contributed by atoms with van der Waals surface area (Å²) >= 11 is 0. The number of aryl methyl sites for hydroxylation is 1. The average molecular weight is 350 g/mol. The summed E-state index contributed by atoms with van der Waals surface area (Å²) in [5.41, 5.74) is 8.71. The Morgan fingerprint density at radius 3 is 2.73 bits per heavy atom. The Morgan fingerprint density at radius 1 is 1.15 bits per heavy atom. The van der Waals surface area contributed by atoms with Gasteiger partial charge in [0, 0.05) is 23.5 Å². The summed E-state index contributed by atoms with van der Waals surface area (Å²) < 4.78 is 19.0. The lowest BCUT2D eigenvalue weighted by Gasteiger charge is -2.09. The van der Waals surface area contributed by atoms with Crippen LogP contribution in [0, 0.1) is 12.7 Å². The van der Waals surface area contributed by atoms with Crippen LogP contribution in [0.4, 0.5) is 10.1 Å². The topological polar surface area (TPSA) is 72.5 Å². The smallest absolute Gasteiger partial charge is 0.224 e. The molecule has 2 aromatic carbocycles. The summed E-state index contributed by atoms with van der Waals surface area (Å²) in [7, 11) is 0. The van der Waals surface area contributed by atoms with Gasteiger partial charge in [-0.3, -0.25) is 0 Å². The Bertz CT molecular complexity index is 910. The third-order valence-corrected chi connectivity index (χ3v) is 3.60. The second-order valence-electron chi connectivity index (χ2n) is 5.72. The summed E-state index contributed by atoms with van der Waals surface area (Å²) in [5.74, 6) is 0.656. The van der Waals surface area contributed by atoms with Gasteiger partial charge in [0.2, 0.25) is 5.88 Å². The van der Waals surface area contributed by atoms with Gasteiger partial charge < -0.3 is 15.8 Å². The normalized spacial score (nSPS) is 11.2. The SMILES string of the molecule is Cc1ccc(NC(N)=NCc2cccnc2Oc2cccc(F)c2)cc1. The van der Waals surface area contributed by atoms with Crippen molar-refractivity contribution in [3.05, 3.63) is 83.8 Å². The van der Waals surface area contributed by atoms with Crippen molar-refractivity contribution in [2.24, 2.45) is 10.7 Å². The van der Waals surface area contributed by atoms with Crippen LogP contribution in [-0.2, 0) is 6.54 Å². The van der Waals surface area contributed by atoms with E-state index in [4.69, 9.17) is 10.5 Å². The van der Waals surface area contributed by atoms with Gasteiger partial charge in [-0.25, -0.2) is 14.4 Å². The number of anilines is 1. The molecule has 3 rings (SSSR count). The Morgan fingerprint density at radius 2 is 1.96 bits per heavy atom. The molecule has 26 heavy (non-hydrogen) atoms. The molecule has 3 aromatic rings. The highest BCUT2D eigenvalue weighted by molar-refractivity contribution is 5.92. The molecule has 0 radical (unpaired) electrons. The lowest BCUT2D eigenvalue weighted by Crippen LogP contribution is -2.22. The number of aliphatic imine (C=N–C) groups is 1. The Hall–Kier alpha value is -3.41. The molecule has 0 unspecified atom stereocenters. The van der Waals surface area contributed by atoms with Gasteiger partial charge in [-0.2, -0.15) is 0 Å². The highest BCUT2D eigenvalue weighted by atomic mass is 19.1. The number of nitrogens with one attached hydrogen (secondary N) is 1. The van der Waals surface area contributed by atoms with Crippen LogP contribution in [0.25, 0.3) is 0 Å². The van der Waals surface area contributed by atoms with E-state index in [1.54, 1.807) is 24.4 Å². The molecular formula is C20H19FN4O. The summed E-state index contributed by atoms with van der Waals surface area (Å²) in [6.45, 7) is 2.30. The molecule has 0 aliphatic carbocycles. The van der Waals surface area contributed by atoms with Crippen molar-refractivity contribution < 1.29 is 9.13 Å². The number of pyridine rings is 1.